The van der Waals surface area contributed by atoms with Gasteiger partial charge in [0.1, 0.15) is 17.9 Å². The molecule has 18 heavy (non-hydrogen) atoms. The summed E-state index contributed by atoms with van der Waals surface area (Å²) in [6, 6.07) is 0. The van der Waals surface area contributed by atoms with Crippen molar-refractivity contribution in [3.05, 3.63) is 17.7 Å². The van der Waals surface area contributed by atoms with Crippen LogP contribution in [0, 0.1) is 0 Å². The van der Waals surface area contributed by atoms with Crippen molar-refractivity contribution >= 4 is 16.9 Å². The van der Waals surface area contributed by atoms with Crippen LogP contribution in [-0.2, 0) is 12.8 Å². The van der Waals surface area contributed by atoms with Crippen LogP contribution in [0.1, 0.15) is 50.9 Å². The molecule has 4 nitrogen and oxygen atoms in total. The van der Waals surface area contributed by atoms with Gasteiger partial charge < -0.3 is 10.2 Å². The van der Waals surface area contributed by atoms with Crippen LogP contribution in [0.15, 0.2) is 10.7 Å². The van der Waals surface area contributed by atoms with E-state index in [2.05, 4.69) is 23.8 Å². The molecule has 0 saturated heterocycles. The average molecular weight is 247 g/mol. The molecule has 2 N–H and O–H groups in total. The number of fused-ring (bicyclic) bond motifs is 1. The van der Waals surface area contributed by atoms with Gasteiger partial charge in [0.15, 0.2) is 0 Å². The van der Waals surface area contributed by atoms with E-state index in [9.17, 15) is 0 Å². The van der Waals surface area contributed by atoms with Crippen molar-refractivity contribution in [2.75, 3.05) is 5.73 Å². The van der Waals surface area contributed by atoms with Gasteiger partial charge in [-0.3, -0.25) is 0 Å². The normalized spacial score (nSPS) is 11.2. The topological polar surface area (TPSA) is 64.9 Å². The third-order valence-electron chi connectivity index (χ3n) is 3.24. The number of hydrogen-bond acceptors (Lipinski definition) is 4. The first kappa shape index (κ1) is 12.9. The number of furan rings is 1. The highest BCUT2D eigenvalue weighted by molar-refractivity contribution is 5.88. The number of rotatable bonds is 6. The first-order valence-corrected chi connectivity index (χ1v) is 6.78. The van der Waals surface area contributed by atoms with Gasteiger partial charge in [-0.2, -0.15) is 0 Å². The number of nitrogen functional groups attached to an aromatic ring is 1. The van der Waals surface area contributed by atoms with Crippen LogP contribution in [0.2, 0.25) is 0 Å². The summed E-state index contributed by atoms with van der Waals surface area (Å²) in [6.07, 6.45) is 8.02. The maximum atomic E-state index is 5.96. The van der Waals surface area contributed by atoms with Gasteiger partial charge in [0, 0.05) is 12.0 Å². The van der Waals surface area contributed by atoms with Crippen LogP contribution < -0.4 is 5.73 Å². The zero-order valence-corrected chi connectivity index (χ0v) is 11.2. The maximum absolute atomic E-state index is 5.96. The third-order valence-corrected chi connectivity index (χ3v) is 3.24. The SMILES string of the molecule is CCCCc1oc2ncnc(N)c2c1CCCC. The Bertz CT molecular complexity index is 519. The molecule has 0 fully saturated rings. The summed E-state index contributed by atoms with van der Waals surface area (Å²) in [7, 11) is 0. The summed E-state index contributed by atoms with van der Waals surface area (Å²) in [5.74, 6) is 1.59. The zero-order chi connectivity index (χ0) is 13.0. The van der Waals surface area contributed by atoms with Gasteiger partial charge >= 0.3 is 0 Å². The molecule has 0 aliphatic rings. The Labute approximate surface area is 108 Å². The van der Waals surface area contributed by atoms with E-state index >= 15 is 0 Å². The van der Waals surface area contributed by atoms with Crippen molar-refractivity contribution in [3.8, 4) is 0 Å². The van der Waals surface area contributed by atoms with Crippen molar-refractivity contribution in [2.45, 2.75) is 52.4 Å². The fourth-order valence-corrected chi connectivity index (χ4v) is 2.22. The fourth-order valence-electron chi connectivity index (χ4n) is 2.22. The van der Waals surface area contributed by atoms with E-state index in [-0.39, 0.29) is 0 Å². The Morgan fingerprint density at radius 3 is 2.56 bits per heavy atom. The third kappa shape index (κ3) is 2.47. The second-order valence-electron chi connectivity index (χ2n) is 4.65. The Kier molecular flexibility index (Phi) is 4.18. The predicted octanol–water partition coefficient (Wildman–Crippen LogP) is 3.49. The van der Waals surface area contributed by atoms with E-state index < -0.39 is 0 Å². The molecule has 0 atom stereocenters. The minimum atomic E-state index is 0.539. The van der Waals surface area contributed by atoms with E-state index in [1.165, 1.54) is 11.9 Å². The van der Waals surface area contributed by atoms with E-state index in [1.807, 2.05) is 0 Å². The molecule has 0 spiro atoms. The molecule has 4 heteroatoms. The monoisotopic (exact) mass is 247 g/mol. The first-order valence-electron chi connectivity index (χ1n) is 6.78. The summed E-state index contributed by atoms with van der Waals surface area (Å²) in [5.41, 5.74) is 7.82. The fraction of sp³-hybridized carbons (Fsp3) is 0.571. The number of nitrogens with zero attached hydrogens (tertiary/aromatic N) is 2. The summed E-state index contributed by atoms with van der Waals surface area (Å²) in [6.45, 7) is 4.37. The standard InChI is InChI=1S/C14H21N3O/c1-3-5-7-10-11(8-6-4-2)18-14-12(10)13(15)16-9-17-14/h9H,3-8H2,1-2H3,(H2,15,16,17). The van der Waals surface area contributed by atoms with Gasteiger partial charge in [-0.05, 0) is 19.3 Å². The van der Waals surface area contributed by atoms with Gasteiger partial charge in [0.05, 0.1) is 5.39 Å². The highest BCUT2D eigenvalue weighted by Gasteiger charge is 2.17. The quantitative estimate of drug-likeness (QED) is 0.848. The Hall–Kier alpha value is -1.58. The molecule has 0 saturated carbocycles. The number of hydrogen-bond donors (Lipinski definition) is 1. The van der Waals surface area contributed by atoms with Crippen LogP contribution >= 0.6 is 0 Å². The van der Waals surface area contributed by atoms with Gasteiger partial charge in [0.2, 0.25) is 5.71 Å². The Morgan fingerprint density at radius 1 is 1.11 bits per heavy atom. The summed E-state index contributed by atoms with van der Waals surface area (Å²) in [5, 5.41) is 0.928. The predicted molar refractivity (Wildman–Crippen MR) is 73.4 cm³/mol. The summed E-state index contributed by atoms with van der Waals surface area (Å²) >= 11 is 0. The van der Waals surface area contributed by atoms with Crippen LogP contribution in [0.5, 0.6) is 0 Å². The molecular weight excluding hydrogens is 226 g/mol. The van der Waals surface area contributed by atoms with Crippen LogP contribution in [0.25, 0.3) is 11.1 Å². The number of aromatic nitrogens is 2. The van der Waals surface area contributed by atoms with Crippen molar-refractivity contribution in [3.63, 3.8) is 0 Å². The first-order chi connectivity index (χ1) is 8.77. The molecule has 2 heterocycles. The van der Waals surface area contributed by atoms with Crippen molar-refractivity contribution in [2.24, 2.45) is 0 Å². The molecule has 0 unspecified atom stereocenters. The molecule has 2 rings (SSSR count). The molecule has 0 aromatic carbocycles. The minimum Gasteiger partial charge on any atom is -0.442 e. The van der Waals surface area contributed by atoms with E-state index in [1.54, 1.807) is 0 Å². The number of aryl methyl sites for hydroxylation is 2. The van der Waals surface area contributed by atoms with Gasteiger partial charge in [-0.25, -0.2) is 9.97 Å². The van der Waals surface area contributed by atoms with Gasteiger partial charge in [-0.15, -0.1) is 0 Å². The molecular formula is C14H21N3O. The van der Waals surface area contributed by atoms with Crippen LogP contribution in [0.3, 0.4) is 0 Å². The molecule has 2 aromatic rings. The smallest absolute Gasteiger partial charge is 0.231 e. The molecule has 0 aliphatic heterocycles. The van der Waals surface area contributed by atoms with Crippen molar-refractivity contribution in [1.29, 1.82) is 0 Å². The lowest BCUT2D eigenvalue weighted by atomic mass is 10.0. The molecule has 2 aromatic heterocycles. The van der Waals surface area contributed by atoms with Gasteiger partial charge in [0.25, 0.3) is 0 Å². The second-order valence-corrected chi connectivity index (χ2v) is 4.65. The molecule has 0 bridgehead atoms. The zero-order valence-electron chi connectivity index (χ0n) is 11.2. The number of unbranched alkanes of at least 4 members (excludes halogenated alkanes) is 2. The van der Waals surface area contributed by atoms with E-state index in [0.717, 1.165) is 49.7 Å². The van der Waals surface area contributed by atoms with Crippen LogP contribution in [-0.4, -0.2) is 9.97 Å². The highest BCUT2D eigenvalue weighted by atomic mass is 16.3. The molecule has 0 amide bonds. The van der Waals surface area contributed by atoms with Crippen LogP contribution in [0.4, 0.5) is 5.82 Å². The number of anilines is 1. The van der Waals surface area contributed by atoms with Gasteiger partial charge in [-0.1, -0.05) is 26.7 Å². The largest absolute Gasteiger partial charge is 0.442 e. The minimum absolute atomic E-state index is 0.539. The molecule has 98 valence electrons. The lowest BCUT2D eigenvalue weighted by molar-refractivity contribution is 0.520. The summed E-state index contributed by atoms with van der Waals surface area (Å²) < 4.78 is 5.85. The molecule has 0 aliphatic carbocycles. The van der Waals surface area contributed by atoms with Crippen molar-refractivity contribution in [1.82, 2.24) is 9.97 Å². The number of nitrogens with two attached hydrogens (primary N) is 1. The average Bonchev–Trinajstić information content (AvgIpc) is 2.73. The lowest BCUT2D eigenvalue weighted by Crippen LogP contribution is -1.95. The molecule has 0 radical (unpaired) electrons. The maximum Gasteiger partial charge on any atom is 0.231 e. The second kappa shape index (κ2) is 5.85. The Morgan fingerprint density at radius 2 is 1.83 bits per heavy atom. The van der Waals surface area contributed by atoms with E-state index in [4.69, 9.17) is 10.2 Å². The Balaban J connectivity index is 2.44. The highest BCUT2D eigenvalue weighted by Crippen LogP contribution is 2.30. The van der Waals surface area contributed by atoms with E-state index in [0.29, 0.717) is 11.5 Å². The summed E-state index contributed by atoms with van der Waals surface area (Å²) in [4.78, 5) is 8.26. The van der Waals surface area contributed by atoms with Crippen molar-refractivity contribution < 1.29 is 4.42 Å². The lowest BCUT2D eigenvalue weighted by Gasteiger charge is -2.02.